The van der Waals surface area contributed by atoms with Crippen LogP contribution in [-0.4, -0.2) is 15.2 Å². The van der Waals surface area contributed by atoms with Crippen molar-refractivity contribution < 1.29 is 4.79 Å². The number of nitrogens with zero attached hydrogens (tertiary/aromatic N) is 2. The second kappa shape index (κ2) is 3.07. The highest BCUT2D eigenvalue weighted by Gasteiger charge is 2.45. The van der Waals surface area contributed by atoms with Crippen LogP contribution in [0.15, 0.2) is 12.3 Å². The van der Waals surface area contributed by atoms with Crippen LogP contribution in [-0.2, 0) is 4.79 Å². The molecule has 2 rings (SSSR count). The van der Waals surface area contributed by atoms with Crippen LogP contribution in [0.2, 0.25) is 0 Å². The molecule has 0 bridgehead atoms. The van der Waals surface area contributed by atoms with Crippen LogP contribution >= 0.6 is 11.6 Å². The number of hydrogen-bond acceptors (Lipinski definition) is 3. The van der Waals surface area contributed by atoms with Crippen molar-refractivity contribution in [2.24, 2.45) is 5.92 Å². The molecular formula is C9H9ClN2O. The Morgan fingerprint density at radius 2 is 2.46 bits per heavy atom. The predicted molar refractivity (Wildman–Crippen MR) is 48.5 cm³/mol. The van der Waals surface area contributed by atoms with Crippen molar-refractivity contribution in [3.63, 3.8) is 0 Å². The van der Waals surface area contributed by atoms with Crippen LogP contribution in [0.25, 0.3) is 0 Å². The molecule has 0 spiro atoms. The third-order valence-electron chi connectivity index (χ3n) is 2.23. The summed E-state index contributed by atoms with van der Waals surface area (Å²) >= 11 is 5.37. The fourth-order valence-corrected chi connectivity index (χ4v) is 1.62. The van der Waals surface area contributed by atoms with Gasteiger partial charge >= 0.3 is 0 Å². The van der Waals surface area contributed by atoms with E-state index in [4.69, 9.17) is 11.6 Å². The monoisotopic (exact) mass is 196 g/mol. The minimum atomic E-state index is -0.268. The zero-order chi connectivity index (χ0) is 9.42. The lowest BCUT2D eigenvalue weighted by molar-refractivity contribution is -0.112. The Kier molecular flexibility index (Phi) is 2.04. The van der Waals surface area contributed by atoms with E-state index >= 15 is 0 Å². The van der Waals surface area contributed by atoms with Gasteiger partial charge in [0.25, 0.3) is 0 Å². The van der Waals surface area contributed by atoms with E-state index in [1.807, 2.05) is 13.0 Å². The molecule has 0 amide bonds. The third-order valence-corrected chi connectivity index (χ3v) is 2.51. The highest BCUT2D eigenvalue weighted by molar-refractivity contribution is 6.64. The van der Waals surface area contributed by atoms with E-state index < -0.39 is 0 Å². The molecule has 0 unspecified atom stereocenters. The zero-order valence-electron chi connectivity index (χ0n) is 7.20. The molecule has 0 saturated heterocycles. The van der Waals surface area contributed by atoms with E-state index in [-0.39, 0.29) is 17.1 Å². The van der Waals surface area contributed by atoms with Crippen molar-refractivity contribution in [2.45, 2.75) is 19.3 Å². The molecule has 1 aliphatic rings. The molecule has 0 radical (unpaired) electrons. The van der Waals surface area contributed by atoms with Crippen LogP contribution in [0, 0.1) is 12.8 Å². The lowest BCUT2D eigenvalue weighted by Crippen LogP contribution is -1.97. The lowest BCUT2D eigenvalue weighted by Gasteiger charge is -1.97. The zero-order valence-corrected chi connectivity index (χ0v) is 7.95. The van der Waals surface area contributed by atoms with Gasteiger partial charge in [0.2, 0.25) is 5.24 Å². The number of carbonyl (C=O) groups excluding carboxylic acids is 1. The first kappa shape index (κ1) is 8.63. The molecule has 2 atom stereocenters. The Labute approximate surface area is 81.2 Å². The Bertz CT molecular complexity index is 353. The van der Waals surface area contributed by atoms with Gasteiger partial charge in [-0.2, -0.15) is 0 Å². The first-order chi connectivity index (χ1) is 6.18. The van der Waals surface area contributed by atoms with Gasteiger partial charge in [-0.15, -0.1) is 0 Å². The number of aromatic nitrogens is 2. The molecule has 1 aromatic heterocycles. The topological polar surface area (TPSA) is 42.9 Å². The normalized spacial score (nSPS) is 25.7. The maximum absolute atomic E-state index is 10.8. The molecule has 1 aliphatic carbocycles. The maximum atomic E-state index is 10.8. The van der Waals surface area contributed by atoms with Crippen LogP contribution in [0.1, 0.15) is 23.9 Å². The molecule has 1 saturated carbocycles. The summed E-state index contributed by atoms with van der Waals surface area (Å²) in [5.74, 6) is 0.854. The summed E-state index contributed by atoms with van der Waals surface area (Å²) in [5.41, 5.74) is 0.928. The summed E-state index contributed by atoms with van der Waals surface area (Å²) in [4.78, 5) is 19.1. The molecular weight excluding hydrogens is 188 g/mol. The van der Waals surface area contributed by atoms with Gasteiger partial charge in [-0.1, -0.05) is 0 Å². The third kappa shape index (κ3) is 1.70. The molecule has 3 nitrogen and oxygen atoms in total. The minimum Gasteiger partial charge on any atom is -0.281 e. The summed E-state index contributed by atoms with van der Waals surface area (Å²) in [6, 6.07) is 1.84. The molecule has 0 aliphatic heterocycles. The van der Waals surface area contributed by atoms with Gasteiger partial charge < -0.3 is 0 Å². The van der Waals surface area contributed by atoms with Gasteiger partial charge in [-0.05, 0) is 31.0 Å². The summed E-state index contributed by atoms with van der Waals surface area (Å²) in [6.07, 6.45) is 2.51. The van der Waals surface area contributed by atoms with Crippen LogP contribution in [0.3, 0.4) is 0 Å². The average molecular weight is 197 g/mol. The second-order valence-electron chi connectivity index (χ2n) is 3.31. The Hall–Kier alpha value is -0.960. The number of rotatable bonds is 2. The number of halogens is 1. The van der Waals surface area contributed by atoms with E-state index in [0.29, 0.717) is 0 Å². The largest absolute Gasteiger partial charge is 0.281 e. The molecule has 4 heteroatoms. The maximum Gasteiger partial charge on any atom is 0.225 e. The quantitative estimate of drug-likeness (QED) is 0.676. The number of carbonyl (C=O) groups is 1. The molecule has 0 aromatic carbocycles. The molecule has 13 heavy (non-hydrogen) atoms. The van der Waals surface area contributed by atoms with Crippen LogP contribution < -0.4 is 0 Å². The van der Waals surface area contributed by atoms with E-state index in [2.05, 4.69) is 9.97 Å². The fourth-order valence-electron chi connectivity index (χ4n) is 1.38. The second-order valence-corrected chi connectivity index (χ2v) is 3.68. The Morgan fingerprint density at radius 3 is 3.00 bits per heavy atom. The van der Waals surface area contributed by atoms with Crippen molar-refractivity contribution in [1.29, 1.82) is 0 Å². The van der Waals surface area contributed by atoms with Gasteiger partial charge in [0.05, 0.1) is 0 Å². The summed E-state index contributed by atoms with van der Waals surface area (Å²) < 4.78 is 0. The average Bonchev–Trinajstić information content (AvgIpc) is 2.82. The van der Waals surface area contributed by atoms with Crippen molar-refractivity contribution in [1.82, 2.24) is 9.97 Å². The molecule has 0 N–H and O–H groups in total. The van der Waals surface area contributed by atoms with E-state index in [0.717, 1.165) is 17.9 Å². The highest BCUT2D eigenvalue weighted by Crippen LogP contribution is 2.47. The van der Waals surface area contributed by atoms with E-state index in [1.165, 1.54) is 0 Å². The lowest BCUT2D eigenvalue weighted by atomic mass is 10.3. The Balaban J connectivity index is 2.16. The van der Waals surface area contributed by atoms with Crippen molar-refractivity contribution >= 4 is 16.8 Å². The van der Waals surface area contributed by atoms with Gasteiger partial charge in [0.15, 0.2) is 0 Å². The number of hydrogen-bond donors (Lipinski definition) is 0. The van der Waals surface area contributed by atoms with Crippen molar-refractivity contribution in [3.05, 3.63) is 23.8 Å². The van der Waals surface area contributed by atoms with E-state index in [1.54, 1.807) is 6.20 Å². The van der Waals surface area contributed by atoms with Gasteiger partial charge in [-0.25, -0.2) is 9.97 Å². The highest BCUT2D eigenvalue weighted by atomic mass is 35.5. The van der Waals surface area contributed by atoms with Gasteiger partial charge in [0.1, 0.15) is 5.82 Å². The molecule has 1 fully saturated rings. The summed E-state index contributed by atoms with van der Waals surface area (Å²) in [7, 11) is 0. The standard InChI is InChI=1S/C9H9ClN2O/c1-5-2-3-11-9(12-5)7-4-6(7)8(10)13/h2-3,6-7H,4H2,1H3/t6-,7-/m0/s1. The van der Waals surface area contributed by atoms with Gasteiger partial charge in [-0.3, -0.25) is 4.79 Å². The first-order valence-electron chi connectivity index (χ1n) is 4.17. The fraction of sp³-hybridized carbons (Fsp3) is 0.444. The van der Waals surface area contributed by atoms with Gasteiger partial charge in [0, 0.05) is 23.7 Å². The van der Waals surface area contributed by atoms with Crippen molar-refractivity contribution in [3.8, 4) is 0 Å². The summed E-state index contributed by atoms with van der Waals surface area (Å²) in [6.45, 7) is 1.91. The SMILES string of the molecule is Cc1ccnc([C@H]2C[C@@H]2C(=O)Cl)n1. The van der Waals surface area contributed by atoms with E-state index in [9.17, 15) is 4.79 Å². The Morgan fingerprint density at radius 1 is 1.69 bits per heavy atom. The summed E-state index contributed by atoms with van der Waals surface area (Å²) in [5, 5.41) is -0.268. The number of aryl methyl sites for hydroxylation is 1. The van der Waals surface area contributed by atoms with Crippen molar-refractivity contribution in [2.75, 3.05) is 0 Å². The first-order valence-corrected chi connectivity index (χ1v) is 4.55. The van der Waals surface area contributed by atoms with Crippen LogP contribution in [0.5, 0.6) is 0 Å². The minimum absolute atomic E-state index is 0.0523. The molecule has 68 valence electrons. The molecule has 1 heterocycles. The molecule has 1 aromatic rings. The smallest absolute Gasteiger partial charge is 0.225 e. The predicted octanol–water partition coefficient (Wildman–Crippen LogP) is 1.65. The van der Waals surface area contributed by atoms with Crippen LogP contribution in [0.4, 0.5) is 0 Å².